The summed E-state index contributed by atoms with van der Waals surface area (Å²) in [7, 11) is 1.18. The molecule has 0 atom stereocenters. The lowest BCUT2D eigenvalue weighted by Crippen LogP contribution is -2.09. The number of hydrogen-bond acceptors (Lipinski definition) is 4. The first-order valence-electron chi connectivity index (χ1n) is 7.56. The molecule has 136 valence electrons. The van der Waals surface area contributed by atoms with Gasteiger partial charge in [0.25, 0.3) is 0 Å². The maximum atomic E-state index is 12.7. The average molecular weight is 363 g/mol. The van der Waals surface area contributed by atoms with Crippen LogP contribution in [0.2, 0.25) is 0 Å². The highest BCUT2D eigenvalue weighted by Crippen LogP contribution is 2.28. The molecule has 1 aromatic carbocycles. The van der Waals surface area contributed by atoms with Crippen LogP contribution in [-0.2, 0) is 22.3 Å². The van der Waals surface area contributed by atoms with E-state index in [9.17, 15) is 18.0 Å². The largest absolute Gasteiger partial charge is 0.465 e. The monoisotopic (exact) mass is 363 g/mol. The molecule has 0 saturated heterocycles. The van der Waals surface area contributed by atoms with Gasteiger partial charge < -0.3 is 4.74 Å². The molecule has 0 aliphatic carbocycles. The van der Waals surface area contributed by atoms with Gasteiger partial charge in [-0.2, -0.15) is 23.5 Å². The second kappa shape index (κ2) is 7.44. The summed E-state index contributed by atoms with van der Waals surface area (Å²) in [5.74, 6) is -0.753. The van der Waals surface area contributed by atoms with Crippen LogP contribution in [0.4, 0.5) is 13.2 Å². The van der Waals surface area contributed by atoms with Crippen molar-refractivity contribution in [1.29, 1.82) is 5.26 Å². The number of hydrogen-bond donors (Lipinski definition) is 0. The van der Waals surface area contributed by atoms with E-state index >= 15 is 0 Å². The Labute approximate surface area is 148 Å². The first-order chi connectivity index (χ1) is 12.2. The number of methoxy groups -OCH3 is 1. The number of alkyl halides is 3. The standard InChI is InChI=1S/C18H16F3N3O2/c1-11-6-13(8-14(9-22)17(25)26-3)12(2)15(7-11)10-24-5-4-16(23-24)18(19,20)21/h4-8H,10H2,1-3H3/b14-8+. The minimum atomic E-state index is -4.50. The summed E-state index contributed by atoms with van der Waals surface area (Å²) < 4.78 is 43.8. The molecule has 0 aliphatic rings. The molecule has 1 aromatic heterocycles. The summed E-state index contributed by atoms with van der Waals surface area (Å²) in [5, 5.41) is 12.6. The molecule has 0 aliphatic heterocycles. The van der Waals surface area contributed by atoms with Crippen molar-refractivity contribution in [1.82, 2.24) is 9.78 Å². The van der Waals surface area contributed by atoms with E-state index in [0.717, 1.165) is 22.8 Å². The van der Waals surface area contributed by atoms with Crippen LogP contribution in [0, 0.1) is 25.2 Å². The van der Waals surface area contributed by atoms with Gasteiger partial charge in [0.2, 0.25) is 0 Å². The molecule has 0 amide bonds. The summed E-state index contributed by atoms with van der Waals surface area (Å²) in [6, 6.07) is 6.30. The van der Waals surface area contributed by atoms with Crippen molar-refractivity contribution in [3.05, 3.63) is 57.9 Å². The van der Waals surface area contributed by atoms with Crippen LogP contribution in [0.15, 0.2) is 30.0 Å². The third-order valence-electron chi connectivity index (χ3n) is 3.79. The first kappa shape index (κ1) is 19.2. The van der Waals surface area contributed by atoms with E-state index in [1.54, 1.807) is 19.1 Å². The minimum Gasteiger partial charge on any atom is -0.465 e. The molecular formula is C18H16F3N3O2. The van der Waals surface area contributed by atoms with Gasteiger partial charge in [0.15, 0.2) is 5.69 Å². The molecule has 0 N–H and O–H groups in total. The summed E-state index contributed by atoms with van der Waals surface area (Å²) in [5.41, 5.74) is 1.80. The quantitative estimate of drug-likeness (QED) is 0.472. The number of carbonyl (C=O) groups is 1. The first-order valence-corrected chi connectivity index (χ1v) is 7.56. The molecular weight excluding hydrogens is 347 g/mol. The highest BCUT2D eigenvalue weighted by molar-refractivity contribution is 5.98. The van der Waals surface area contributed by atoms with Crippen LogP contribution in [0.25, 0.3) is 6.08 Å². The van der Waals surface area contributed by atoms with Crippen molar-refractivity contribution in [2.24, 2.45) is 0 Å². The van der Waals surface area contributed by atoms with Crippen molar-refractivity contribution in [3.8, 4) is 6.07 Å². The van der Waals surface area contributed by atoms with E-state index in [-0.39, 0.29) is 12.1 Å². The van der Waals surface area contributed by atoms with E-state index in [1.807, 2.05) is 13.0 Å². The van der Waals surface area contributed by atoms with E-state index in [2.05, 4.69) is 9.84 Å². The van der Waals surface area contributed by atoms with Crippen molar-refractivity contribution in [2.45, 2.75) is 26.6 Å². The molecule has 0 bridgehead atoms. The third-order valence-corrected chi connectivity index (χ3v) is 3.79. The predicted octanol–water partition coefficient (Wildman–Crippen LogP) is 3.65. The zero-order chi connectivity index (χ0) is 19.5. The van der Waals surface area contributed by atoms with Crippen molar-refractivity contribution in [3.63, 3.8) is 0 Å². The Morgan fingerprint density at radius 2 is 2.08 bits per heavy atom. The van der Waals surface area contributed by atoms with Gasteiger partial charge in [-0.25, -0.2) is 4.79 Å². The van der Waals surface area contributed by atoms with Gasteiger partial charge in [-0.1, -0.05) is 17.7 Å². The number of nitriles is 1. The highest BCUT2D eigenvalue weighted by Gasteiger charge is 2.33. The van der Waals surface area contributed by atoms with Crippen molar-refractivity contribution < 1.29 is 22.7 Å². The van der Waals surface area contributed by atoms with Gasteiger partial charge in [0, 0.05) is 6.20 Å². The van der Waals surface area contributed by atoms with E-state index in [4.69, 9.17) is 5.26 Å². The molecule has 8 heteroatoms. The van der Waals surface area contributed by atoms with Crippen LogP contribution < -0.4 is 0 Å². The lowest BCUT2D eigenvalue weighted by atomic mass is 9.97. The SMILES string of the molecule is COC(=O)/C(C#N)=C/c1cc(C)cc(Cn2ccc(C(F)(F)F)n2)c1C. The molecule has 2 aromatic rings. The molecule has 0 spiro atoms. The summed E-state index contributed by atoms with van der Waals surface area (Å²) >= 11 is 0. The van der Waals surface area contributed by atoms with Crippen LogP contribution >= 0.6 is 0 Å². The van der Waals surface area contributed by atoms with Crippen LogP contribution in [0.5, 0.6) is 0 Å². The fourth-order valence-electron chi connectivity index (χ4n) is 2.46. The van der Waals surface area contributed by atoms with Gasteiger partial charge in [-0.3, -0.25) is 4.68 Å². The number of aromatic nitrogens is 2. The maximum Gasteiger partial charge on any atom is 0.435 e. The second-order valence-electron chi connectivity index (χ2n) is 5.70. The predicted molar refractivity (Wildman–Crippen MR) is 87.9 cm³/mol. The van der Waals surface area contributed by atoms with E-state index in [0.29, 0.717) is 5.56 Å². The molecule has 0 unspecified atom stereocenters. The second-order valence-corrected chi connectivity index (χ2v) is 5.70. The fraction of sp³-hybridized carbons (Fsp3) is 0.278. The Kier molecular flexibility index (Phi) is 5.50. The number of rotatable bonds is 4. The Morgan fingerprint density at radius 1 is 1.38 bits per heavy atom. The number of carbonyl (C=O) groups excluding carboxylic acids is 1. The van der Waals surface area contributed by atoms with Crippen molar-refractivity contribution >= 4 is 12.0 Å². The number of nitrogens with zero attached hydrogens (tertiary/aromatic N) is 3. The topological polar surface area (TPSA) is 67.9 Å². The number of benzene rings is 1. The van der Waals surface area contributed by atoms with Gasteiger partial charge in [-0.15, -0.1) is 0 Å². The number of halogens is 3. The molecule has 2 rings (SSSR count). The number of ether oxygens (including phenoxy) is 1. The summed E-state index contributed by atoms with van der Waals surface area (Å²) in [6.45, 7) is 3.71. The normalized spacial score (nSPS) is 12.0. The molecule has 0 saturated carbocycles. The average Bonchev–Trinajstić information content (AvgIpc) is 3.04. The minimum absolute atomic E-state index is 0.130. The zero-order valence-electron chi connectivity index (χ0n) is 14.4. The smallest absolute Gasteiger partial charge is 0.435 e. The Balaban J connectivity index is 2.41. The van der Waals surface area contributed by atoms with Crippen LogP contribution in [0.1, 0.15) is 27.9 Å². The lowest BCUT2D eigenvalue weighted by Gasteiger charge is -2.12. The number of esters is 1. The molecule has 26 heavy (non-hydrogen) atoms. The van der Waals surface area contributed by atoms with E-state index < -0.39 is 17.8 Å². The Bertz CT molecular complexity index is 905. The molecule has 0 radical (unpaired) electrons. The van der Waals surface area contributed by atoms with Gasteiger partial charge >= 0.3 is 12.1 Å². The highest BCUT2D eigenvalue weighted by atomic mass is 19.4. The summed E-state index contributed by atoms with van der Waals surface area (Å²) in [6.07, 6.45) is -1.83. The van der Waals surface area contributed by atoms with Crippen LogP contribution in [0.3, 0.4) is 0 Å². The summed E-state index contributed by atoms with van der Waals surface area (Å²) in [4.78, 5) is 11.6. The third kappa shape index (κ3) is 4.30. The van der Waals surface area contributed by atoms with E-state index in [1.165, 1.54) is 24.1 Å². The van der Waals surface area contributed by atoms with Gasteiger partial charge in [-0.05, 0) is 42.7 Å². The van der Waals surface area contributed by atoms with Crippen LogP contribution in [-0.4, -0.2) is 22.9 Å². The Morgan fingerprint density at radius 3 is 2.62 bits per heavy atom. The zero-order valence-corrected chi connectivity index (χ0v) is 14.4. The lowest BCUT2D eigenvalue weighted by molar-refractivity contribution is -0.141. The van der Waals surface area contributed by atoms with Crippen molar-refractivity contribution in [2.75, 3.05) is 7.11 Å². The maximum absolute atomic E-state index is 12.7. The van der Waals surface area contributed by atoms with Gasteiger partial charge in [0.05, 0.1) is 13.7 Å². The molecule has 5 nitrogen and oxygen atoms in total. The Hall–Kier alpha value is -3.08. The fourth-order valence-corrected chi connectivity index (χ4v) is 2.46. The number of aryl methyl sites for hydroxylation is 1. The molecule has 0 fully saturated rings. The molecule has 1 heterocycles. The van der Waals surface area contributed by atoms with Gasteiger partial charge in [0.1, 0.15) is 11.6 Å².